The Morgan fingerprint density at radius 3 is 2.11 bits per heavy atom. The standard InChI is InChI=1S/C36H37N3O6S/c1-22-15-16-29(23(2)17-22)38-34(40)24(3)46-28-14-10-13-27(21-28)37-36(42)30(39-35(41)26-11-8-7-9-12-26)18-25-19-31(43-4)33(45-6)32(20-25)44-5/h7-21,24H,1-6H3,(H,37,42)(H,38,40)(H,39,41)/b30-18+. The minimum Gasteiger partial charge on any atom is -0.493 e. The Balaban J connectivity index is 1.56. The summed E-state index contributed by atoms with van der Waals surface area (Å²) in [4.78, 5) is 40.5. The zero-order valence-electron chi connectivity index (χ0n) is 26.6. The van der Waals surface area contributed by atoms with Crippen LogP contribution in [0.4, 0.5) is 11.4 Å². The maximum atomic E-state index is 13.7. The van der Waals surface area contributed by atoms with E-state index < -0.39 is 17.1 Å². The first-order valence-corrected chi connectivity index (χ1v) is 15.3. The topological polar surface area (TPSA) is 115 Å². The van der Waals surface area contributed by atoms with E-state index in [4.69, 9.17) is 14.2 Å². The first-order chi connectivity index (χ1) is 22.1. The first-order valence-electron chi connectivity index (χ1n) is 14.5. The van der Waals surface area contributed by atoms with Gasteiger partial charge in [-0.1, -0.05) is 42.0 Å². The fraction of sp³-hybridized carbons (Fsp3) is 0.194. The van der Waals surface area contributed by atoms with Gasteiger partial charge in [0.15, 0.2) is 11.5 Å². The van der Waals surface area contributed by atoms with Crippen molar-refractivity contribution in [2.45, 2.75) is 30.9 Å². The fourth-order valence-corrected chi connectivity index (χ4v) is 5.51. The summed E-state index contributed by atoms with van der Waals surface area (Å²) in [6.07, 6.45) is 1.53. The van der Waals surface area contributed by atoms with Crippen LogP contribution in [0.3, 0.4) is 0 Å². The van der Waals surface area contributed by atoms with Gasteiger partial charge in [0, 0.05) is 21.8 Å². The van der Waals surface area contributed by atoms with E-state index in [1.54, 1.807) is 60.7 Å². The molecule has 0 spiro atoms. The number of hydrogen-bond acceptors (Lipinski definition) is 7. The maximum absolute atomic E-state index is 13.7. The predicted octanol–water partition coefficient (Wildman–Crippen LogP) is 6.86. The van der Waals surface area contributed by atoms with E-state index in [0.29, 0.717) is 34.1 Å². The average Bonchev–Trinajstić information content (AvgIpc) is 3.05. The Morgan fingerprint density at radius 1 is 0.783 bits per heavy atom. The van der Waals surface area contributed by atoms with Crippen molar-refractivity contribution >= 4 is 46.9 Å². The molecule has 10 heteroatoms. The Bertz CT molecular complexity index is 1730. The lowest BCUT2D eigenvalue weighted by atomic mass is 10.1. The molecule has 0 fully saturated rings. The third kappa shape index (κ3) is 8.70. The van der Waals surface area contributed by atoms with Crippen LogP contribution >= 0.6 is 11.8 Å². The number of benzene rings is 4. The van der Waals surface area contributed by atoms with E-state index in [1.165, 1.54) is 39.2 Å². The van der Waals surface area contributed by atoms with Gasteiger partial charge in [-0.3, -0.25) is 14.4 Å². The van der Waals surface area contributed by atoms with Crippen molar-refractivity contribution in [1.82, 2.24) is 5.32 Å². The van der Waals surface area contributed by atoms with E-state index in [2.05, 4.69) is 16.0 Å². The van der Waals surface area contributed by atoms with Crippen LogP contribution < -0.4 is 30.2 Å². The van der Waals surface area contributed by atoms with Crippen molar-refractivity contribution in [3.63, 3.8) is 0 Å². The highest BCUT2D eigenvalue weighted by atomic mass is 32.2. The van der Waals surface area contributed by atoms with Gasteiger partial charge in [0.1, 0.15) is 5.70 Å². The lowest BCUT2D eigenvalue weighted by Crippen LogP contribution is -2.30. The van der Waals surface area contributed by atoms with Gasteiger partial charge in [0.05, 0.1) is 26.6 Å². The first kappa shape index (κ1) is 33.7. The quantitative estimate of drug-likeness (QED) is 0.115. The molecule has 0 aliphatic carbocycles. The highest BCUT2D eigenvalue weighted by Gasteiger charge is 2.19. The molecule has 3 N–H and O–H groups in total. The minimum atomic E-state index is -0.555. The van der Waals surface area contributed by atoms with Gasteiger partial charge in [-0.25, -0.2) is 0 Å². The van der Waals surface area contributed by atoms with Crippen molar-refractivity contribution in [2.24, 2.45) is 0 Å². The summed E-state index contributed by atoms with van der Waals surface area (Å²) in [5.74, 6) is 0.0341. The normalized spacial score (nSPS) is 11.7. The van der Waals surface area contributed by atoms with E-state index in [1.807, 2.05) is 45.0 Å². The second-order valence-corrected chi connectivity index (χ2v) is 11.8. The summed E-state index contributed by atoms with van der Waals surface area (Å²) < 4.78 is 16.3. The number of ether oxygens (including phenoxy) is 3. The molecular formula is C36H37N3O6S. The second kappa shape index (κ2) is 15.7. The lowest BCUT2D eigenvalue weighted by molar-refractivity contribution is -0.115. The number of methoxy groups -OCH3 is 3. The van der Waals surface area contributed by atoms with Gasteiger partial charge in [-0.05, 0) is 86.5 Å². The molecular weight excluding hydrogens is 602 g/mol. The van der Waals surface area contributed by atoms with Crippen LogP contribution in [0.25, 0.3) is 6.08 Å². The Hall–Kier alpha value is -5.22. The van der Waals surface area contributed by atoms with E-state index in [9.17, 15) is 14.4 Å². The van der Waals surface area contributed by atoms with Crippen molar-refractivity contribution in [3.05, 3.63) is 113 Å². The second-order valence-electron chi connectivity index (χ2n) is 10.4. The number of amides is 3. The number of aryl methyl sites for hydroxylation is 2. The summed E-state index contributed by atoms with van der Waals surface area (Å²) in [6.45, 7) is 5.79. The summed E-state index contributed by atoms with van der Waals surface area (Å²) in [5, 5.41) is 8.19. The summed E-state index contributed by atoms with van der Waals surface area (Å²) in [5.41, 5.74) is 4.28. The van der Waals surface area contributed by atoms with E-state index >= 15 is 0 Å². The molecule has 1 unspecified atom stereocenters. The van der Waals surface area contributed by atoms with Crippen LogP contribution in [0.1, 0.15) is 34.0 Å². The van der Waals surface area contributed by atoms with Crippen LogP contribution in [-0.2, 0) is 9.59 Å². The van der Waals surface area contributed by atoms with Crippen LogP contribution in [0.15, 0.2) is 95.5 Å². The van der Waals surface area contributed by atoms with Gasteiger partial charge in [-0.15, -0.1) is 11.8 Å². The number of thioether (sulfide) groups is 1. The third-order valence-corrected chi connectivity index (χ3v) is 8.03. The fourth-order valence-electron chi connectivity index (χ4n) is 4.59. The summed E-state index contributed by atoms with van der Waals surface area (Å²) in [6, 6.07) is 25.0. The van der Waals surface area contributed by atoms with Crippen LogP contribution in [0, 0.1) is 13.8 Å². The molecule has 46 heavy (non-hydrogen) atoms. The molecule has 0 bridgehead atoms. The van der Waals surface area contributed by atoms with Crippen molar-refractivity contribution < 1.29 is 28.6 Å². The number of anilines is 2. The minimum absolute atomic E-state index is 0.0117. The molecule has 0 aliphatic heterocycles. The smallest absolute Gasteiger partial charge is 0.272 e. The van der Waals surface area contributed by atoms with Crippen molar-refractivity contribution in [1.29, 1.82) is 0 Å². The zero-order chi connectivity index (χ0) is 33.2. The molecule has 0 radical (unpaired) electrons. The Labute approximate surface area is 273 Å². The van der Waals surface area contributed by atoms with Crippen LogP contribution in [-0.4, -0.2) is 44.3 Å². The molecule has 4 aromatic carbocycles. The summed E-state index contributed by atoms with van der Waals surface area (Å²) >= 11 is 1.36. The zero-order valence-corrected chi connectivity index (χ0v) is 27.4. The molecule has 0 heterocycles. The van der Waals surface area contributed by atoms with Crippen molar-refractivity contribution in [2.75, 3.05) is 32.0 Å². The Morgan fingerprint density at radius 2 is 1.48 bits per heavy atom. The molecule has 238 valence electrons. The van der Waals surface area contributed by atoms with Gasteiger partial charge >= 0.3 is 0 Å². The molecule has 4 rings (SSSR count). The third-order valence-electron chi connectivity index (χ3n) is 6.94. The lowest BCUT2D eigenvalue weighted by Gasteiger charge is -2.16. The molecule has 4 aromatic rings. The molecule has 0 aliphatic rings. The van der Waals surface area contributed by atoms with Gasteiger partial charge in [-0.2, -0.15) is 0 Å². The van der Waals surface area contributed by atoms with Crippen molar-refractivity contribution in [3.8, 4) is 17.2 Å². The molecule has 0 aromatic heterocycles. The van der Waals surface area contributed by atoms with E-state index in [-0.39, 0.29) is 11.6 Å². The number of carbonyl (C=O) groups excluding carboxylic acids is 3. The number of nitrogens with one attached hydrogen (secondary N) is 3. The SMILES string of the molecule is COc1cc(/C=C(/NC(=O)c2ccccc2)C(=O)Nc2cccc(SC(C)C(=O)Nc3ccc(C)cc3C)c2)cc(OC)c1OC. The molecule has 1 atom stereocenters. The van der Waals surface area contributed by atoms with Gasteiger partial charge < -0.3 is 30.2 Å². The highest BCUT2D eigenvalue weighted by Crippen LogP contribution is 2.38. The van der Waals surface area contributed by atoms with E-state index in [0.717, 1.165) is 21.7 Å². The predicted molar refractivity (Wildman–Crippen MR) is 183 cm³/mol. The number of rotatable bonds is 12. The van der Waals surface area contributed by atoms with Gasteiger partial charge in [0.2, 0.25) is 11.7 Å². The largest absolute Gasteiger partial charge is 0.493 e. The average molecular weight is 640 g/mol. The number of hydrogen-bond donors (Lipinski definition) is 3. The van der Waals surface area contributed by atoms with Crippen LogP contribution in [0.5, 0.6) is 17.2 Å². The summed E-state index contributed by atoms with van der Waals surface area (Å²) in [7, 11) is 4.49. The molecule has 3 amide bonds. The molecule has 0 saturated heterocycles. The Kier molecular flexibility index (Phi) is 11.5. The maximum Gasteiger partial charge on any atom is 0.272 e. The van der Waals surface area contributed by atoms with Crippen LogP contribution in [0.2, 0.25) is 0 Å². The highest BCUT2D eigenvalue weighted by molar-refractivity contribution is 8.00. The molecule has 9 nitrogen and oxygen atoms in total. The van der Waals surface area contributed by atoms with Gasteiger partial charge in [0.25, 0.3) is 11.8 Å². The molecule has 0 saturated carbocycles. The monoisotopic (exact) mass is 639 g/mol. The number of carbonyl (C=O) groups is 3.